The summed E-state index contributed by atoms with van der Waals surface area (Å²) >= 11 is 11.9. The highest BCUT2D eigenvalue weighted by Gasteiger charge is 2.35. The first-order valence-corrected chi connectivity index (χ1v) is 9.75. The summed E-state index contributed by atoms with van der Waals surface area (Å²) in [6.45, 7) is 1.44. The quantitative estimate of drug-likeness (QED) is 0.622. The maximum Gasteiger partial charge on any atom is 0.338 e. The molecule has 30 heavy (non-hydrogen) atoms. The van der Waals surface area contributed by atoms with Gasteiger partial charge in [-0.25, -0.2) is 9.59 Å². The molecule has 1 aliphatic rings. The normalized spacial score (nSPS) is 16.0. The van der Waals surface area contributed by atoms with Crippen LogP contribution >= 0.6 is 23.2 Å². The van der Waals surface area contributed by atoms with Crippen LogP contribution < -0.4 is 10.6 Å². The topological polar surface area (TPSA) is 107 Å². The highest BCUT2D eigenvalue weighted by Crippen LogP contribution is 2.28. The minimum atomic E-state index is -0.882. The summed E-state index contributed by atoms with van der Waals surface area (Å²) in [5.74, 6) is -0.930. The maximum atomic E-state index is 12.5. The predicted molar refractivity (Wildman–Crippen MR) is 108 cm³/mol. The van der Waals surface area contributed by atoms with E-state index >= 15 is 0 Å². The van der Waals surface area contributed by atoms with Gasteiger partial charge in [0, 0.05) is 10.0 Å². The molecule has 8 nitrogen and oxygen atoms in total. The number of esters is 2. The van der Waals surface area contributed by atoms with Crippen molar-refractivity contribution in [1.82, 2.24) is 10.6 Å². The van der Waals surface area contributed by atoms with Gasteiger partial charge in [-0.1, -0.05) is 29.3 Å². The Morgan fingerprint density at radius 2 is 2.00 bits per heavy atom. The molecule has 0 radical (unpaired) electrons. The summed E-state index contributed by atoms with van der Waals surface area (Å²) < 4.78 is 15.7. The molecule has 158 valence electrons. The Balaban J connectivity index is 1.80. The van der Waals surface area contributed by atoms with Crippen molar-refractivity contribution in [3.05, 3.63) is 69.2 Å². The Bertz CT molecular complexity index is 987. The van der Waals surface area contributed by atoms with Gasteiger partial charge in [0.2, 0.25) is 0 Å². The summed E-state index contributed by atoms with van der Waals surface area (Å²) in [5.41, 5.74) is 0.728. The molecule has 2 N–H and O–H groups in total. The average Bonchev–Trinajstić information content (AvgIpc) is 3.23. The number of hydrogen-bond donors (Lipinski definition) is 2. The molecule has 0 aliphatic carbocycles. The molecule has 3 rings (SSSR count). The van der Waals surface area contributed by atoms with Crippen molar-refractivity contribution in [3.8, 4) is 0 Å². The first-order valence-electron chi connectivity index (χ1n) is 8.99. The molecular formula is C20H18Cl2N2O6. The van der Waals surface area contributed by atoms with Crippen LogP contribution in [-0.2, 0) is 25.5 Å². The first-order chi connectivity index (χ1) is 14.4. The lowest BCUT2D eigenvalue weighted by Crippen LogP contribution is -2.47. The fraction of sp³-hybridized carbons (Fsp3) is 0.250. The van der Waals surface area contributed by atoms with E-state index in [1.54, 1.807) is 31.2 Å². The van der Waals surface area contributed by atoms with E-state index in [4.69, 9.17) is 37.1 Å². The van der Waals surface area contributed by atoms with Crippen LogP contribution in [0.1, 0.15) is 24.3 Å². The molecule has 0 fully saturated rings. The standard InChI is InChI=1S/C20H18Cl2N2O6/c1-2-28-19(26)17-14(23-20(27)24-18(17)15-4-3-7-29-15)10-30-16(25)8-11-5-6-12(21)9-13(11)22/h3-7,9,18H,2,8,10H2,1H3,(H2,23,24,27). The zero-order valence-electron chi connectivity index (χ0n) is 15.9. The Morgan fingerprint density at radius 3 is 2.67 bits per heavy atom. The number of carbonyl (C=O) groups is 3. The van der Waals surface area contributed by atoms with Gasteiger partial charge < -0.3 is 24.5 Å². The van der Waals surface area contributed by atoms with E-state index in [-0.39, 0.29) is 30.9 Å². The van der Waals surface area contributed by atoms with Gasteiger partial charge in [-0.3, -0.25) is 4.79 Å². The largest absolute Gasteiger partial charge is 0.467 e. The molecule has 10 heteroatoms. The van der Waals surface area contributed by atoms with Crippen LogP contribution in [-0.4, -0.2) is 31.2 Å². The van der Waals surface area contributed by atoms with Crippen LogP contribution in [0.3, 0.4) is 0 Å². The second-order valence-corrected chi connectivity index (χ2v) is 7.08. The van der Waals surface area contributed by atoms with E-state index in [1.807, 2.05) is 0 Å². The molecule has 0 spiro atoms. The molecule has 2 amide bonds. The monoisotopic (exact) mass is 452 g/mol. The van der Waals surface area contributed by atoms with Crippen molar-refractivity contribution < 1.29 is 28.3 Å². The van der Waals surface area contributed by atoms with Crippen molar-refractivity contribution in [2.24, 2.45) is 0 Å². The van der Waals surface area contributed by atoms with Crippen molar-refractivity contribution in [2.45, 2.75) is 19.4 Å². The van der Waals surface area contributed by atoms with E-state index in [9.17, 15) is 14.4 Å². The minimum absolute atomic E-state index is 0.0868. The molecule has 1 atom stereocenters. The van der Waals surface area contributed by atoms with Gasteiger partial charge in [0.1, 0.15) is 18.4 Å². The predicted octanol–water partition coefficient (Wildman–Crippen LogP) is 3.54. The Morgan fingerprint density at radius 1 is 1.20 bits per heavy atom. The second-order valence-electron chi connectivity index (χ2n) is 6.23. The number of furan rings is 1. The maximum absolute atomic E-state index is 12.5. The fourth-order valence-corrected chi connectivity index (χ4v) is 3.35. The van der Waals surface area contributed by atoms with Crippen molar-refractivity contribution >= 4 is 41.2 Å². The zero-order valence-corrected chi connectivity index (χ0v) is 17.4. The van der Waals surface area contributed by atoms with E-state index in [0.29, 0.717) is 21.4 Å². The van der Waals surface area contributed by atoms with Gasteiger partial charge in [0.15, 0.2) is 0 Å². The van der Waals surface area contributed by atoms with Crippen LogP contribution in [0.2, 0.25) is 10.0 Å². The summed E-state index contributed by atoms with van der Waals surface area (Å²) in [7, 11) is 0. The van der Waals surface area contributed by atoms with Gasteiger partial charge in [0.25, 0.3) is 0 Å². The fourth-order valence-electron chi connectivity index (χ4n) is 2.87. The SMILES string of the molecule is CCOC(=O)C1=C(COC(=O)Cc2ccc(Cl)cc2Cl)NC(=O)NC1c1ccco1. The smallest absolute Gasteiger partial charge is 0.338 e. The molecule has 0 saturated heterocycles. The van der Waals surface area contributed by atoms with Gasteiger partial charge in [-0.05, 0) is 36.8 Å². The second kappa shape index (κ2) is 9.69. The van der Waals surface area contributed by atoms with E-state index < -0.39 is 24.0 Å². The van der Waals surface area contributed by atoms with Crippen LogP contribution in [0, 0.1) is 0 Å². The Kier molecular flexibility index (Phi) is 7.02. The Labute approximate surface area is 182 Å². The lowest BCUT2D eigenvalue weighted by Gasteiger charge is -2.27. The lowest BCUT2D eigenvalue weighted by molar-refractivity contribution is -0.143. The average molecular weight is 453 g/mol. The number of rotatable bonds is 7. The summed E-state index contributed by atoms with van der Waals surface area (Å²) in [4.78, 5) is 36.9. The molecule has 2 aromatic rings. The van der Waals surface area contributed by atoms with Crippen LogP contribution in [0.4, 0.5) is 4.79 Å². The van der Waals surface area contributed by atoms with Gasteiger partial charge in [-0.2, -0.15) is 0 Å². The van der Waals surface area contributed by atoms with Crippen LogP contribution in [0.25, 0.3) is 0 Å². The summed E-state index contributed by atoms with van der Waals surface area (Å²) in [6, 6.07) is 6.54. The lowest BCUT2D eigenvalue weighted by atomic mass is 10.0. The van der Waals surface area contributed by atoms with Crippen LogP contribution in [0.15, 0.2) is 52.3 Å². The number of urea groups is 1. The minimum Gasteiger partial charge on any atom is -0.467 e. The van der Waals surface area contributed by atoms with E-state index in [2.05, 4.69) is 10.6 Å². The third-order valence-electron chi connectivity index (χ3n) is 4.20. The number of hydrogen-bond acceptors (Lipinski definition) is 6. The third-order valence-corrected chi connectivity index (χ3v) is 4.79. The number of benzene rings is 1. The third kappa shape index (κ3) is 5.14. The number of carbonyl (C=O) groups excluding carboxylic acids is 3. The first kappa shape index (κ1) is 21.7. The zero-order chi connectivity index (χ0) is 21.7. The van der Waals surface area contributed by atoms with Crippen molar-refractivity contribution in [2.75, 3.05) is 13.2 Å². The molecule has 0 bridgehead atoms. The van der Waals surface area contributed by atoms with Crippen molar-refractivity contribution in [1.29, 1.82) is 0 Å². The summed E-state index contributed by atoms with van der Waals surface area (Å²) in [5, 5.41) is 5.89. The van der Waals surface area contributed by atoms with Gasteiger partial charge in [0.05, 0.1) is 30.6 Å². The molecule has 1 aromatic carbocycles. The number of ether oxygens (including phenoxy) is 2. The van der Waals surface area contributed by atoms with Crippen LogP contribution in [0.5, 0.6) is 0 Å². The molecule has 1 unspecified atom stereocenters. The molecule has 0 saturated carbocycles. The van der Waals surface area contributed by atoms with Gasteiger partial charge >= 0.3 is 18.0 Å². The molecule has 1 aromatic heterocycles. The number of halogens is 2. The molecular weight excluding hydrogens is 435 g/mol. The number of nitrogens with one attached hydrogen (secondary N) is 2. The molecule has 1 aliphatic heterocycles. The van der Waals surface area contributed by atoms with Crippen molar-refractivity contribution in [3.63, 3.8) is 0 Å². The Hall–Kier alpha value is -2.97. The van der Waals surface area contributed by atoms with E-state index in [1.165, 1.54) is 12.3 Å². The molecule has 2 heterocycles. The van der Waals surface area contributed by atoms with Gasteiger partial charge in [-0.15, -0.1) is 0 Å². The highest BCUT2D eigenvalue weighted by molar-refractivity contribution is 6.35. The number of amides is 2. The highest BCUT2D eigenvalue weighted by atomic mass is 35.5. The summed E-state index contributed by atoms with van der Waals surface area (Å²) in [6.07, 6.45) is 1.31. The van der Waals surface area contributed by atoms with E-state index in [0.717, 1.165) is 0 Å².